The molecule has 5 aromatic rings. The Morgan fingerprint density at radius 3 is 1.94 bits per heavy atom. The zero-order chi connectivity index (χ0) is 23.6. The van der Waals surface area contributed by atoms with E-state index in [9.17, 15) is 4.79 Å². The van der Waals surface area contributed by atoms with Crippen LogP contribution in [0.5, 0.6) is 0 Å². The van der Waals surface area contributed by atoms with Gasteiger partial charge in [-0.1, -0.05) is 97.1 Å². The highest BCUT2D eigenvalue weighted by Crippen LogP contribution is 2.38. The van der Waals surface area contributed by atoms with Gasteiger partial charge in [0.25, 0.3) is 5.91 Å². The van der Waals surface area contributed by atoms with Crippen molar-refractivity contribution in [3.63, 3.8) is 0 Å². The predicted molar refractivity (Wildman–Crippen MR) is 148 cm³/mol. The highest BCUT2D eigenvalue weighted by Gasteiger charge is 2.33. The monoisotopic (exact) mass is 470 g/mol. The number of aliphatic imine (C=N–C) groups is 1. The summed E-state index contributed by atoms with van der Waals surface area (Å²) in [5.74, 6) is -0.0226. The molecule has 0 saturated carbocycles. The van der Waals surface area contributed by atoms with Crippen molar-refractivity contribution in [2.45, 2.75) is 6.54 Å². The first-order chi connectivity index (χ1) is 17.3. The Morgan fingerprint density at radius 1 is 0.714 bits per heavy atom. The summed E-state index contributed by atoms with van der Waals surface area (Å²) in [6, 6.07) is 38.8. The number of hydrogen-bond acceptors (Lipinski definition) is 3. The van der Waals surface area contributed by atoms with Crippen molar-refractivity contribution in [1.29, 1.82) is 0 Å². The molecule has 1 amide bonds. The summed E-state index contributed by atoms with van der Waals surface area (Å²) in [5.41, 5.74) is 2.96. The average molecular weight is 471 g/mol. The Kier molecular flexibility index (Phi) is 5.65. The van der Waals surface area contributed by atoms with Gasteiger partial charge in [-0.25, -0.2) is 4.99 Å². The van der Waals surface area contributed by atoms with E-state index in [0.717, 1.165) is 38.4 Å². The van der Waals surface area contributed by atoms with Crippen molar-refractivity contribution in [3.05, 3.63) is 131 Å². The molecule has 5 aromatic carbocycles. The van der Waals surface area contributed by atoms with Crippen molar-refractivity contribution >= 4 is 56.1 Å². The van der Waals surface area contributed by atoms with E-state index in [1.165, 1.54) is 11.8 Å². The molecule has 0 aromatic heterocycles. The van der Waals surface area contributed by atoms with E-state index in [0.29, 0.717) is 16.6 Å². The van der Waals surface area contributed by atoms with Crippen LogP contribution in [0.1, 0.15) is 11.1 Å². The first-order valence-electron chi connectivity index (χ1n) is 11.6. The van der Waals surface area contributed by atoms with Crippen LogP contribution >= 0.6 is 11.8 Å². The predicted octanol–water partition coefficient (Wildman–Crippen LogP) is 7.80. The number of carbonyl (C=O) groups is 1. The summed E-state index contributed by atoms with van der Waals surface area (Å²) in [6.07, 6.45) is 2.04. The fourth-order valence-electron chi connectivity index (χ4n) is 4.45. The van der Waals surface area contributed by atoms with Crippen LogP contribution in [0.4, 0.5) is 5.69 Å². The zero-order valence-corrected chi connectivity index (χ0v) is 19.8. The van der Waals surface area contributed by atoms with Crippen LogP contribution in [0.25, 0.3) is 27.6 Å². The van der Waals surface area contributed by atoms with Gasteiger partial charge >= 0.3 is 0 Å². The molecule has 0 N–H and O–H groups in total. The van der Waals surface area contributed by atoms with Crippen LogP contribution in [0, 0.1) is 0 Å². The molecule has 0 aliphatic carbocycles. The van der Waals surface area contributed by atoms with Crippen LogP contribution in [0.2, 0.25) is 0 Å². The van der Waals surface area contributed by atoms with Gasteiger partial charge in [0.1, 0.15) is 0 Å². The number of hydrogen-bond donors (Lipinski definition) is 0. The first-order valence-corrected chi connectivity index (χ1v) is 12.4. The molecule has 1 heterocycles. The quantitative estimate of drug-likeness (QED) is 0.198. The second-order valence-electron chi connectivity index (χ2n) is 8.45. The molecule has 0 radical (unpaired) electrons. The van der Waals surface area contributed by atoms with Crippen molar-refractivity contribution < 1.29 is 4.79 Å². The molecule has 6 rings (SSSR count). The van der Waals surface area contributed by atoms with Crippen LogP contribution in [0.3, 0.4) is 0 Å². The van der Waals surface area contributed by atoms with E-state index in [1.54, 1.807) is 4.90 Å². The molecule has 3 nitrogen and oxygen atoms in total. The lowest BCUT2D eigenvalue weighted by Crippen LogP contribution is -2.28. The maximum absolute atomic E-state index is 13.7. The van der Waals surface area contributed by atoms with Crippen molar-refractivity contribution in [2.75, 3.05) is 0 Å². The molecule has 4 heteroatoms. The normalized spacial score (nSPS) is 16.1. The standard InChI is InChI=1S/C31H22N2OS/c34-30-29(20-28-26-17-9-7-13-23(26)19-24-14-8-10-18-27(24)28)35-31(32-25-15-5-2-6-16-25)33(30)21-22-11-3-1-4-12-22/h1-20H,21H2/b29-20+,32-31?. The van der Waals surface area contributed by atoms with E-state index in [1.807, 2.05) is 78.9 Å². The number of carbonyl (C=O) groups excluding carboxylic acids is 1. The average Bonchev–Trinajstić information content (AvgIpc) is 3.18. The number of para-hydroxylation sites is 1. The zero-order valence-electron chi connectivity index (χ0n) is 19.0. The highest BCUT2D eigenvalue weighted by atomic mass is 32.2. The van der Waals surface area contributed by atoms with Crippen LogP contribution in [-0.4, -0.2) is 16.0 Å². The topological polar surface area (TPSA) is 32.7 Å². The molecule has 0 spiro atoms. The Balaban J connectivity index is 1.49. The molecule has 1 saturated heterocycles. The number of thioether (sulfide) groups is 1. The van der Waals surface area contributed by atoms with Gasteiger partial charge in [-0.15, -0.1) is 0 Å². The van der Waals surface area contributed by atoms with Gasteiger partial charge in [0.2, 0.25) is 0 Å². The van der Waals surface area contributed by atoms with Gasteiger partial charge < -0.3 is 0 Å². The number of benzene rings is 5. The summed E-state index contributed by atoms with van der Waals surface area (Å²) in [4.78, 5) is 21.1. The summed E-state index contributed by atoms with van der Waals surface area (Å²) < 4.78 is 0. The number of rotatable bonds is 4. The van der Waals surface area contributed by atoms with Gasteiger partial charge in [-0.2, -0.15) is 0 Å². The minimum atomic E-state index is -0.0226. The summed E-state index contributed by atoms with van der Waals surface area (Å²) >= 11 is 1.44. The van der Waals surface area contributed by atoms with E-state index < -0.39 is 0 Å². The van der Waals surface area contributed by atoms with Crippen LogP contribution in [0.15, 0.2) is 125 Å². The molecular formula is C31H22N2OS. The third kappa shape index (κ3) is 4.25. The maximum Gasteiger partial charge on any atom is 0.267 e. The molecule has 1 fully saturated rings. The van der Waals surface area contributed by atoms with Crippen molar-refractivity contribution in [3.8, 4) is 0 Å². The van der Waals surface area contributed by atoms with Gasteiger partial charge in [0, 0.05) is 0 Å². The second kappa shape index (κ2) is 9.24. The van der Waals surface area contributed by atoms with E-state index >= 15 is 0 Å². The van der Waals surface area contributed by atoms with Gasteiger partial charge in [-0.05, 0) is 68.7 Å². The third-order valence-corrected chi connectivity index (χ3v) is 7.15. The molecule has 1 aliphatic rings. The summed E-state index contributed by atoms with van der Waals surface area (Å²) in [7, 11) is 0. The largest absolute Gasteiger partial charge is 0.282 e. The van der Waals surface area contributed by atoms with E-state index in [-0.39, 0.29) is 5.91 Å². The highest BCUT2D eigenvalue weighted by molar-refractivity contribution is 8.18. The van der Waals surface area contributed by atoms with Gasteiger partial charge in [-0.3, -0.25) is 9.69 Å². The SMILES string of the molecule is O=C1/C(=C\c2c3ccccc3cc3ccccc23)SC(=Nc2ccccc2)N1Cc1ccccc1. The fourth-order valence-corrected chi connectivity index (χ4v) is 5.42. The first kappa shape index (κ1) is 21.4. The van der Waals surface area contributed by atoms with Gasteiger partial charge in [0.05, 0.1) is 17.1 Å². The Labute approximate surface area is 208 Å². The molecule has 168 valence electrons. The number of amidine groups is 1. The lowest BCUT2D eigenvalue weighted by molar-refractivity contribution is -0.122. The van der Waals surface area contributed by atoms with E-state index in [2.05, 4.69) is 42.5 Å². The summed E-state index contributed by atoms with van der Waals surface area (Å²) in [6.45, 7) is 0.478. The lowest BCUT2D eigenvalue weighted by Gasteiger charge is -2.15. The van der Waals surface area contributed by atoms with Gasteiger partial charge in [0.15, 0.2) is 5.17 Å². The maximum atomic E-state index is 13.7. The lowest BCUT2D eigenvalue weighted by atomic mass is 9.96. The van der Waals surface area contributed by atoms with Crippen LogP contribution < -0.4 is 0 Å². The molecule has 0 atom stereocenters. The second-order valence-corrected chi connectivity index (χ2v) is 9.46. The Hall–Kier alpha value is -4.15. The molecule has 1 aliphatic heterocycles. The van der Waals surface area contributed by atoms with Crippen molar-refractivity contribution in [1.82, 2.24) is 4.90 Å². The summed E-state index contributed by atoms with van der Waals surface area (Å²) in [5, 5.41) is 5.28. The molecular weight excluding hydrogens is 448 g/mol. The molecule has 35 heavy (non-hydrogen) atoms. The van der Waals surface area contributed by atoms with E-state index in [4.69, 9.17) is 4.99 Å². The van der Waals surface area contributed by atoms with Crippen LogP contribution in [-0.2, 0) is 11.3 Å². The Morgan fingerprint density at radius 2 is 1.29 bits per heavy atom. The number of fused-ring (bicyclic) bond motifs is 2. The minimum Gasteiger partial charge on any atom is -0.282 e. The Bertz CT molecular complexity index is 1550. The smallest absolute Gasteiger partial charge is 0.267 e. The molecule has 0 unspecified atom stereocenters. The number of nitrogens with zero attached hydrogens (tertiary/aromatic N) is 2. The molecule has 0 bridgehead atoms. The number of amides is 1. The van der Waals surface area contributed by atoms with Crippen molar-refractivity contribution in [2.24, 2.45) is 4.99 Å². The fraction of sp³-hybridized carbons (Fsp3) is 0.0323. The third-order valence-electron chi connectivity index (χ3n) is 6.14. The minimum absolute atomic E-state index is 0.0226.